The Morgan fingerprint density at radius 3 is 2.39 bits per heavy atom. The molecule has 0 unspecified atom stereocenters. The first-order valence-corrected chi connectivity index (χ1v) is 7.82. The highest BCUT2D eigenvalue weighted by molar-refractivity contribution is 7.89. The number of sulfonamides is 1. The number of benzene rings is 1. The van der Waals surface area contributed by atoms with E-state index < -0.39 is 10.0 Å². The fraction of sp³-hybridized carbons (Fsp3) is 0.538. The second-order valence-electron chi connectivity index (χ2n) is 4.99. The quantitative estimate of drug-likeness (QED) is 0.873. The molecule has 1 aliphatic rings. The van der Waals surface area contributed by atoms with Crippen molar-refractivity contribution in [2.45, 2.75) is 49.6 Å². The van der Waals surface area contributed by atoms with Crippen LogP contribution in [0.3, 0.4) is 0 Å². The van der Waals surface area contributed by atoms with Gasteiger partial charge in [0.25, 0.3) is 0 Å². The molecule has 0 spiro atoms. The molecule has 1 aromatic rings. The minimum Gasteiger partial charge on any atom is -0.326 e. The van der Waals surface area contributed by atoms with Crippen molar-refractivity contribution in [1.82, 2.24) is 4.72 Å². The zero-order valence-electron chi connectivity index (χ0n) is 10.6. The average molecular weight is 268 g/mol. The maximum absolute atomic E-state index is 12.2. The average Bonchev–Trinajstić information content (AvgIpc) is 2.32. The Bertz CT molecular complexity index is 496. The van der Waals surface area contributed by atoms with Crippen molar-refractivity contribution in [3.63, 3.8) is 0 Å². The summed E-state index contributed by atoms with van der Waals surface area (Å²) in [7, 11) is -3.44. The molecule has 3 N–H and O–H groups in total. The maximum Gasteiger partial charge on any atom is 0.240 e. The zero-order chi connectivity index (χ0) is 13.2. The summed E-state index contributed by atoms with van der Waals surface area (Å²) < 4.78 is 27.1. The molecule has 100 valence electrons. The first-order valence-electron chi connectivity index (χ1n) is 6.33. The molecule has 0 aliphatic heterocycles. The molecule has 0 amide bonds. The van der Waals surface area contributed by atoms with Crippen LogP contribution in [0.25, 0.3) is 0 Å². The topological polar surface area (TPSA) is 72.2 Å². The lowest BCUT2D eigenvalue weighted by Crippen LogP contribution is -2.49. The van der Waals surface area contributed by atoms with E-state index in [1.54, 1.807) is 24.3 Å². The summed E-state index contributed by atoms with van der Waals surface area (Å²) in [5.41, 5.74) is 7.01. The smallest absolute Gasteiger partial charge is 0.240 e. The van der Waals surface area contributed by atoms with Gasteiger partial charge in [-0.25, -0.2) is 13.1 Å². The van der Waals surface area contributed by atoms with Crippen LogP contribution < -0.4 is 10.5 Å². The number of nitrogens with one attached hydrogen (secondary N) is 1. The van der Waals surface area contributed by atoms with Gasteiger partial charge in [0.2, 0.25) is 10.0 Å². The van der Waals surface area contributed by atoms with Crippen LogP contribution in [0.1, 0.15) is 31.2 Å². The van der Waals surface area contributed by atoms with Gasteiger partial charge in [-0.15, -0.1) is 0 Å². The van der Waals surface area contributed by atoms with E-state index in [1.165, 1.54) is 0 Å². The summed E-state index contributed by atoms with van der Waals surface area (Å²) >= 11 is 0. The van der Waals surface area contributed by atoms with Crippen molar-refractivity contribution in [2.75, 3.05) is 0 Å². The van der Waals surface area contributed by atoms with Gasteiger partial charge in [0.1, 0.15) is 0 Å². The van der Waals surface area contributed by atoms with Crippen molar-refractivity contribution in [2.24, 2.45) is 5.73 Å². The third kappa shape index (κ3) is 3.10. The van der Waals surface area contributed by atoms with Crippen molar-refractivity contribution in [3.05, 3.63) is 29.8 Å². The summed E-state index contributed by atoms with van der Waals surface area (Å²) in [5.74, 6) is 0. The van der Waals surface area contributed by atoms with E-state index in [1.807, 2.05) is 6.92 Å². The van der Waals surface area contributed by atoms with E-state index in [9.17, 15) is 8.42 Å². The van der Waals surface area contributed by atoms with E-state index in [4.69, 9.17) is 5.73 Å². The van der Waals surface area contributed by atoms with Crippen molar-refractivity contribution in [3.8, 4) is 0 Å². The van der Waals surface area contributed by atoms with Gasteiger partial charge < -0.3 is 5.73 Å². The molecule has 2 atom stereocenters. The standard InChI is InChI=1S/C13H20N2O2S/c1-10-6-8-11(9-7-10)18(16,17)15-13-5-3-2-4-12(13)14/h6-9,12-13,15H,2-5,14H2,1H3/t12-,13-/m0/s1. The highest BCUT2D eigenvalue weighted by Gasteiger charge is 2.26. The van der Waals surface area contributed by atoms with E-state index in [-0.39, 0.29) is 12.1 Å². The summed E-state index contributed by atoms with van der Waals surface area (Å²) in [6, 6.07) is 6.66. The van der Waals surface area contributed by atoms with Crippen LogP contribution >= 0.6 is 0 Å². The highest BCUT2D eigenvalue weighted by Crippen LogP contribution is 2.19. The molecular weight excluding hydrogens is 248 g/mol. The molecule has 1 saturated carbocycles. The van der Waals surface area contributed by atoms with Gasteiger partial charge in [-0.05, 0) is 31.9 Å². The van der Waals surface area contributed by atoms with Gasteiger partial charge >= 0.3 is 0 Å². The second-order valence-corrected chi connectivity index (χ2v) is 6.70. The van der Waals surface area contributed by atoms with Gasteiger partial charge in [0.15, 0.2) is 0 Å². The van der Waals surface area contributed by atoms with Gasteiger partial charge in [-0.3, -0.25) is 0 Å². The lowest BCUT2D eigenvalue weighted by molar-refractivity contribution is 0.361. The molecule has 4 nitrogen and oxygen atoms in total. The van der Waals surface area contributed by atoms with Crippen LogP contribution in [0.4, 0.5) is 0 Å². The molecule has 1 fully saturated rings. The molecule has 0 radical (unpaired) electrons. The molecule has 0 heterocycles. The van der Waals surface area contributed by atoms with Crippen LogP contribution in [0.2, 0.25) is 0 Å². The maximum atomic E-state index is 12.2. The molecule has 0 bridgehead atoms. The van der Waals surface area contributed by atoms with Crippen molar-refractivity contribution < 1.29 is 8.42 Å². The SMILES string of the molecule is Cc1ccc(S(=O)(=O)N[C@H]2CCCC[C@@H]2N)cc1. The lowest BCUT2D eigenvalue weighted by Gasteiger charge is -2.29. The highest BCUT2D eigenvalue weighted by atomic mass is 32.2. The summed E-state index contributed by atoms with van der Waals surface area (Å²) in [4.78, 5) is 0.311. The monoisotopic (exact) mass is 268 g/mol. The van der Waals surface area contributed by atoms with Crippen LogP contribution in [-0.2, 0) is 10.0 Å². The molecule has 5 heteroatoms. The molecule has 1 aromatic carbocycles. The molecule has 2 rings (SSSR count). The summed E-state index contributed by atoms with van der Waals surface area (Å²) in [6.45, 7) is 1.93. The first-order chi connectivity index (χ1) is 8.49. The van der Waals surface area contributed by atoms with E-state index in [2.05, 4.69) is 4.72 Å². The number of hydrogen-bond acceptors (Lipinski definition) is 3. The predicted octanol–water partition coefficient (Wildman–Crippen LogP) is 1.54. The normalized spacial score (nSPS) is 25.0. The van der Waals surface area contributed by atoms with E-state index in [0.29, 0.717) is 4.90 Å². The molecule has 1 aliphatic carbocycles. The van der Waals surface area contributed by atoms with Crippen molar-refractivity contribution in [1.29, 1.82) is 0 Å². The molecular formula is C13H20N2O2S. The number of aryl methyl sites for hydroxylation is 1. The van der Waals surface area contributed by atoms with Gasteiger partial charge in [-0.2, -0.15) is 0 Å². The third-order valence-corrected chi connectivity index (χ3v) is 4.96. The van der Waals surface area contributed by atoms with Crippen LogP contribution in [0.15, 0.2) is 29.2 Å². The zero-order valence-corrected chi connectivity index (χ0v) is 11.4. The van der Waals surface area contributed by atoms with Crippen LogP contribution in [0, 0.1) is 6.92 Å². The minimum absolute atomic E-state index is 0.0704. The second kappa shape index (κ2) is 5.38. The summed E-state index contributed by atoms with van der Waals surface area (Å²) in [5, 5.41) is 0. The van der Waals surface area contributed by atoms with Gasteiger partial charge in [0.05, 0.1) is 4.90 Å². The Kier molecular flexibility index (Phi) is 4.04. The number of nitrogens with two attached hydrogens (primary N) is 1. The Morgan fingerprint density at radius 1 is 1.17 bits per heavy atom. The lowest BCUT2D eigenvalue weighted by atomic mass is 9.92. The molecule has 0 saturated heterocycles. The van der Waals surface area contributed by atoms with Gasteiger partial charge in [-0.1, -0.05) is 30.5 Å². The van der Waals surface area contributed by atoms with Crippen LogP contribution in [0.5, 0.6) is 0 Å². The summed E-state index contributed by atoms with van der Waals surface area (Å²) in [6.07, 6.45) is 3.84. The predicted molar refractivity (Wildman–Crippen MR) is 71.7 cm³/mol. The third-order valence-electron chi connectivity index (χ3n) is 3.46. The molecule has 0 aromatic heterocycles. The largest absolute Gasteiger partial charge is 0.326 e. The first kappa shape index (κ1) is 13.5. The van der Waals surface area contributed by atoms with Gasteiger partial charge in [0, 0.05) is 12.1 Å². The minimum atomic E-state index is -3.44. The Hall–Kier alpha value is -0.910. The Balaban J connectivity index is 2.13. The number of rotatable bonds is 3. The fourth-order valence-corrected chi connectivity index (χ4v) is 3.61. The fourth-order valence-electron chi connectivity index (χ4n) is 2.29. The number of hydrogen-bond donors (Lipinski definition) is 2. The van der Waals surface area contributed by atoms with Crippen molar-refractivity contribution >= 4 is 10.0 Å². The molecule has 18 heavy (non-hydrogen) atoms. The van der Waals surface area contributed by atoms with E-state index in [0.717, 1.165) is 31.2 Å². The Labute approximate surface area is 109 Å². The Morgan fingerprint density at radius 2 is 1.78 bits per heavy atom. The van der Waals surface area contributed by atoms with E-state index >= 15 is 0 Å². The van der Waals surface area contributed by atoms with Crippen LogP contribution in [-0.4, -0.2) is 20.5 Å².